The van der Waals surface area contributed by atoms with Crippen molar-refractivity contribution in [2.24, 2.45) is 5.92 Å². The molecule has 12 heavy (non-hydrogen) atoms. The van der Waals surface area contributed by atoms with Crippen molar-refractivity contribution in [1.82, 2.24) is 0 Å². The highest BCUT2D eigenvalue weighted by Gasteiger charge is 2.04. The molecular formula is C10H22O2. The van der Waals surface area contributed by atoms with Crippen molar-refractivity contribution >= 4 is 0 Å². The minimum Gasteiger partial charge on any atom is -0.393 e. The maximum absolute atomic E-state index is 9.44. The van der Waals surface area contributed by atoms with Gasteiger partial charge in [0.25, 0.3) is 0 Å². The molecule has 0 amide bonds. The van der Waals surface area contributed by atoms with Gasteiger partial charge in [-0.2, -0.15) is 0 Å². The smallest absolute Gasteiger partial charge is 0.0562 e. The molecule has 1 atom stereocenters. The van der Waals surface area contributed by atoms with Crippen LogP contribution in [0.4, 0.5) is 0 Å². The lowest BCUT2D eigenvalue weighted by Crippen LogP contribution is -2.11. The van der Waals surface area contributed by atoms with E-state index < -0.39 is 0 Å². The fourth-order valence-electron chi connectivity index (χ4n) is 1.03. The van der Waals surface area contributed by atoms with Crippen LogP contribution in [-0.4, -0.2) is 24.4 Å². The predicted molar refractivity (Wildman–Crippen MR) is 51.2 cm³/mol. The van der Waals surface area contributed by atoms with Crippen molar-refractivity contribution in [3.8, 4) is 0 Å². The van der Waals surface area contributed by atoms with E-state index in [2.05, 4.69) is 13.8 Å². The SMILES string of the molecule is CCOCCC(O)CCC(C)C. The molecule has 0 aliphatic rings. The number of rotatable bonds is 7. The normalized spacial score (nSPS) is 13.8. The minimum atomic E-state index is -0.168. The molecule has 0 fully saturated rings. The van der Waals surface area contributed by atoms with Gasteiger partial charge in [0.1, 0.15) is 0 Å². The summed E-state index contributed by atoms with van der Waals surface area (Å²) in [6.07, 6.45) is 2.62. The van der Waals surface area contributed by atoms with Gasteiger partial charge >= 0.3 is 0 Å². The summed E-state index contributed by atoms with van der Waals surface area (Å²) in [5.41, 5.74) is 0. The van der Waals surface area contributed by atoms with Gasteiger partial charge in [0.15, 0.2) is 0 Å². The maximum Gasteiger partial charge on any atom is 0.0562 e. The largest absolute Gasteiger partial charge is 0.393 e. The first-order valence-electron chi connectivity index (χ1n) is 4.92. The quantitative estimate of drug-likeness (QED) is 0.600. The second-order valence-electron chi connectivity index (χ2n) is 3.61. The zero-order valence-corrected chi connectivity index (χ0v) is 8.55. The van der Waals surface area contributed by atoms with E-state index in [1.807, 2.05) is 6.92 Å². The molecule has 2 nitrogen and oxygen atoms in total. The van der Waals surface area contributed by atoms with Gasteiger partial charge in [-0.15, -0.1) is 0 Å². The van der Waals surface area contributed by atoms with Crippen molar-refractivity contribution in [2.75, 3.05) is 13.2 Å². The van der Waals surface area contributed by atoms with Gasteiger partial charge in [-0.05, 0) is 32.1 Å². The summed E-state index contributed by atoms with van der Waals surface area (Å²) in [7, 11) is 0. The third-order valence-electron chi connectivity index (χ3n) is 1.88. The highest BCUT2D eigenvalue weighted by atomic mass is 16.5. The third-order valence-corrected chi connectivity index (χ3v) is 1.88. The summed E-state index contributed by atoms with van der Waals surface area (Å²) in [5.74, 6) is 0.687. The van der Waals surface area contributed by atoms with E-state index in [-0.39, 0.29) is 6.10 Å². The highest BCUT2D eigenvalue weighted by molar-refractivity contribution is 4.56. The molecule has 1 N–H and O–H groups in total. The topological polar surface area (TPSA) is 29.5 Å². The average molecular weight is 174 g/mol. The van der Waals surface area contributed by atoms with E-state index in [1.165, 1.54) is 0 Å². The highest BCUT2D eigenvalue weighted by Crippen LogP contribution is 2.08. The maximum atomic E-state index is 9.44. The van der Waals surface area contributed by atoms with E-state index in [0.29, 0.717) is 12.5 Å². The average Bonchev–Trinajstić information content (AvgIpc) is 2.01. The van der Waals surface area contributed by atoms with Crippen molar-refractivity contribution in [3.63, 3.8) is 0 Å². The van der Waals surface area contributed by atoms with Crippen molar-refractivity contribution in [2.45, 2.75) is 46.1 Å². The number of aliphatic hydroxyl groups is 1. The summed E-state index contributed by atoms with van der Waals surface area (Å²) in [4.78, 5) is 0. The van der Waals surface area contributed by atoms with E-state index >= 15 is 0 Å². The summed E-state index contributed by atoms with van der Waals surface area (Å²) < 4.78 is 5.15. The molecule has 0 spiro atoms. The van der Waals surface area contributed by atoms with Crippen molar-refractivity contribution < 1.29 is 9.84 Å². The second-order valence-corrected chi connectivity index (χ2v) is 3.61. The molecule has 0 heterocycles. The van der Waals surface area contributed by atoms with Crippen LogP contribution in [0.25, 0.3) is 0 Å². The van der Waals surface area contributed by atoms with Crippen LogP contribution < -0.4 is 0 Å². The van der Waals surface area contributed by atoms with Crippen LogP contribution in [0, 0.1) is 5.92 Å². The van der Waals surface area contributed by atoms with Crippen LogP contribution in [0.5, 0.6) is 0 Å². The molecule has 0 aliphatic heterocycles. The first-order valence-corrected chi connectivity index (χ1v) is 4.92. The predicted octanol–water partition coefficient (Wildman–Crippen LogP) is 2.21. The van der Waals surface area contributed by atoms with E-state index in [1.54, 1.807) is 0 Å². The summed E-state index contributed by atoms with van der Waals surface area (Å²) >= 11 is 0. The first-order chi connectivity index (χ1) is 5.66. The number of hydrogen-bond acceptors (Lipinski definition) is 2. The monoisotopic (exact) mass is 174 g/mol. The van der Waals surface area contributed by atoms with Crippen LogP contribution in [0.3, 0.4) is 0 Å². The van der Waals surface area contributed by atoms with Crippen LogP contribution in [0.2, 0.25) is 0 Å². The Kier molecular flexibility index (Phi) is 7.51. The van der Waals surface area contributed by atoms with Crippen molar-refractivity contribution in [3.05, 3.63) is 0 Å². The van der Waals surface area contributed by atoms with Crippen molar-refractivity contribution in [1.29, 1.82) is 0 Å². The third kappa shape index (κ3) is 8.02. The molecule has 2 heteroatoms. The zero-order chi connectivity index (χ0) is 9.40. The molecule has 74 valence electrons. The number of hydrogen-bond donors (Lipinski definition) is 1. The second kappa shape index (κ2) is 7.56. The molecule has 0 rings (SSSR count). The molecule has 0 aliphatic carbocycles. The first kappa shape index (κ1) is 11.9. The lowest BCUT2D eigenvalue weighted by atomic mass is 10.0. The molecule has 0 saturated carbocycles. The summed E-state index contributed by atoms with van der Waals surface area (Å²) in [6, 6.07) is 0. The van der Waals surface area contributed by atoms with Gasteiger partial charge in [0.2, 0.25) is 0 Å². The Labute approximate surface area is 75.9 Å². The molecule has 0 aromatic heterocycles. The fourth-order valence-corrected chi connectivity index (χ4v) is 1.03. The van der Waals surface area contributed by atoms with Gasteiger partial charge in [0, 0.05) is 13.2 Å². The van der Waals surface area contributed by atoms with Gasteiger partial charge in [-0.3, -0.25) is 0 Å². The molecule has 0 bridgehead atoms. The Bertz CT molecular complexity index is 91.8. The fraction of sp³-hybridized carbons (Fsp3) is 1.00. The zero-order valence-electron chi connectivity index (χ0n) is 8.55. The van der Waals surface area contributed by atoms with Crippen LogP contribution >= 0.6 is 0 Å². The van der Waals surface area contributed by atoms with Crippen LogP contribution in [0.15, 0.2) is 0 Å². The summed E-state index contributed by atoms with van der Waals surface area (Å²) in [6.45, 7) is 7.76. The van der Waals surface area contributed by atoms with Crippen LogP contribution in [-0.2, 0) is 4.74 Å². The lowest BCUT2D eigenvalue weighted by molar-refractivity contribution is 0.0814. The molecular weight excluding hydrogens is 152 g/mol. The Morgan fingerprint density at radius 2 is 1.83 bits per heavy atom. The van der Waals surface area contributed by atoms with Gasteiger partial charge in [0.05, 0.1) is 6.10 Å². The Morgan fingerprint density at radius 3 is 2.33 bits per heavy atom. The minimum absolute atomic E-state index is 0.168. The number of ether oxygens (including phenoxy) is 1. The molecule has 1 unspecified atom stereocenters. The van der Waals surface area contributed by atoms with E-state index in [9.17, 15) is 5.11 Å². The summed E-state index contributed by atoms with van der Waals surface area (Å²) in [5, 5.41) is 9.44. The van der Waals surface area contributed by atoms with Gasteiger partial charge < -0.3 is 9.84 Å². The van der Waals surface area contributed by atoms with E-state index in [0.717, 1.165) is 25.9 Å². The molecule has 0 aromatic rings. The van der Waals surface area contributed by atoms with E-state index in [4.69, 9.17) is 4.74 Å². The van der Waals surface area contributed by atoms with Crippen LogP contribution in [0.1, 0.15) is 40.0 Å². The Hall–Kier alpha value is -0.0800. The molecule has 0 saturated heterocycles. The standard InChI is InChI=1S/C10H22O2/c1-4-12-8-7-10(11)6-5-9(2)3/h9-11H,4-8H2,1-3H3. The van der Waals surface area contributed by atoms with Gasteiger partial charge in [-0.1, -0.05) is 13.8 Å². The van der Waals surface area contributed by atoms with Gasteiger partial charge in [-0.25, -0.2) is 0 Å². The molecule has 0 aromatic carbocycles. The number of aliphatic hydroxyl groups excluding tert-OH is 1. The lowest BCUT2D eigenvalue weighted by Gasteiger charge is -2.11. The Balaban J connectivity index is 3.15. The Morgan fingerprint density at radius 1 is 1.17 bits per heavy atom. The molecule has 0 radical (unpaired) electrons.